The molecule has 1 atom stereocenters. The van der Waals surface area contributed by atoms with Crippen LogP contribution in [0.1, 0.15) is 32.1 Å². The molecule has 1 unspecified atom stereocenters. The number of anilines is 1. The molecule has 1 aliphatic carbocycles. The van der Waals surface area contributed by atoms with Gasteiger partial charge in [-0.3, -0.25) is 4.79 Å². The van der Waals surface area contributed by atoms with E-state index in [9.17, 15) is 4.79 Å². The van der Waals surface area contributed by atoms with Crippen molar-refractivity contribution in [2.45, 2.75) is 38.1 Å². The molecule has 4 rings (SSSR count). The van der Waals surface area contributed by atoms with E-state index < -0.39 is 0 Å². The summed E-state index contributed by atoms with van der Waals surface area (Å²) in [4.78, 5) is 14.4. The number of rotatable bonds is 5. The number of carbonyl (C=O) groups is 1. The van der Waals surface area contributed by atoms with Crippen molar-refractivity contribution in [3.8, 4) is 11.3 Å². The normalized spacial score (nSPS) is 21.0. The van der Waals surface area contributed by atoms with Crippen LogP contribution in [0.2, 0.25) is 0 Å². The Hall–Kier alpha value is -2.43. The fourth-order valence-corrected chi connectivity index (χ4v) is 3.95. The topological polar surface area (TPSA) is 58.1 Å². The van der Waals surface area contributed by atoms with Gasteiger partial charge in [0.1, 0.15) is 5.82 Å². The third-order valence-electron chi connectivity index (χ3n) is 5.31. The van der Waals surface area contributed by atoms with Crippen LogP contribution in [-0.2, 0) is 4.79 Å². The van der Waals surface area contributed by atoms with E-state index in [1.54, 1.807) is 0 Å². The minimum absolute atomic E-state index is 0.323. The number of benzene rings is 1. The molecule has 1 saturated carbocycles. The summed E-state index contributed by atoms with van der Waals surface area (Å²) in [5.41, 5.74) is 1.93. The van der Waals surface area contributed by atoms with Gasteiger partial charge < -0.3 is 10.2 Å². The smallest absolute Gasteiger partial charge is 0.223 e. The molecule has 1 N–H and O–H groups in total. The summed E-state index contributed by atoms with van der Waals surface area (Å²) in [6, 6.07) is 14.5. The fourth-order valence-electron chi connectivity index (χ4n) is 3.95. The molecule has 2 aliphatic rings. The Morgan fingerprint density at radius 3 is 2.56 bits per heavy atom. The summed E-state index contributed by atoms with van der Waals surface area (Å²) in [6.07, 6.45) is 5.54. The summed E-state index contributed by atoms with van der Waals surface area (Å²) in [5.74, 6) is 1.46. The second-order valence-electron chi connectivity index (χ2n) is 7.11. The predicted molar refractivity (Wildman–Crippen MR) is 98.0 cm³/mol. The maximum atomic E-state index is 12.3. The minimum Gasteiger partial charge on any atom is -0.368 e. The second-order valence-corrected chi connectivity index (χ2v) is 7.11. The molecule has 5 nitrogen and oxygen atoms in total. The molecule has 130 valence electrons. The van der Waals surface area contributed by atoms with Gasteiger partial charge in [-0.15, -0.1) is 10.2 Å². The van der Waals surface area contributed by atoms with Gasteiger partial charge in [-0.2, -0.15) is 0 Å². The van der Waals surface area contributed by atoms with Crippen molar-refractivity contribution in [1.82, 2.24) is 15.1 Å². The standard InChI is InChI=1S/C20H24N4O/c25-20-12-15(14-24(20)17-8-4-5-9-17)13-21-19-11-10-18(22-23-19)16-6-2-1-3-7-16/h1-3,6-7,10-11,15,17H,4-5,8-9,12-14H2,(H,21,23). The predicted octanol–water partition coefficient (Wildman–Crippen LogP) is 3.35. The first-order valence-electron chi connectivity index (χ1n) is 9.22. The van der Waals surface area contributed by atoms with E-state index in [1.807, 2.05) is 42.5 Å². The van der Waals surface area contributed by atoms with Crippen LogP contribution in [0.5, 0.6) is 0 Å². The molecule has 5 heteroatoms. The molecule has 1 aliphatic heterocycles. The van der Waals surface area contributed by atoms with E-state index >= 15 is 0 Å². The van der Waals surface area contributed by atoms with Crippen molar-refractivity contribution in [2.75, 3.05) is 18.4 Å². The molecule has 1 aromatic heterocycles. The Balaban J connectivity index is 1.32. The van der Waals surface area contributed by atoms with Crippen LogP contribution in [-0.4, -0.2) is 40.1 Å². The number of carbonyl (C=O) groups excluding carboxylic acids is 1. The molecule has 0 bridgehead atoms. The van der Waals surface area contributed by atoms with Crippen molar-refractivity contribution in [3.63, 3.8) is 0 Å². The average molecular weight is 336 g/mol. The van der Waals surface area contributed by atoms with E-state index in [0.717, 1.165) is 30.2 Å². The number of amides is 1. The zero-order valence-corrected chi connectivity index (χ0v) is 14.4. The lowest BCUT2D eigenvalue weighted by molar-refractivity contribution is -0.129. The van der Waals surface area contributed by atoms with Gasteiger partial charge in [0.25, 0.3) is 0 Å². The molecule has 0 radical (unpaired) electrons. The fraction of sp³-hybridized carbons (Fsp3) is 0.450. The van der Waals surface area contributed by atoms with Crippen LogP contribution in [0.25, 0.3) is 11.3 Å². The van der Waals surface area contributed by atoms with Gasteiger partial charge in [-0.25, -0.2) is 0 Å². The number of likely N-dealkylation sites (tertiary alicyclic amines) is 1. The lowest BCUT2D eigenvalue weighted by Crippen LogP contribution is -2.34. The van der Waals surface area contributed by atoms with Gasteiger partial charge in [0.2, 0.25) is 5.91 Å². The lowest BCUT2D eigenvalue weighted by Gasteiger charge is -2.24. The molecular weight excluding hydrogens is 312 g/mol. The van der Waals surface area contributed by atoms with Gasteiger partial charge in [0, 0.05) is 37.0 Å². The molecule has 2 heterocycles. The Labute approximate surface area is 148 Å². The molecule has 2 fully saturated rings. The molecule has 2 aromatic rings. The first-order chi connectivity index (χ1) is 12.3. The van der Waals surface area contributed by atoms with E-state index in [-0.39, 0.29) is 0 Å². The second kappa shape index (κ2) is 7.21. The number of nitrogens with one attached hydrogen (secondary N) is 1. The van der Waals surface area contributed by atoms with E-state index in [1.165, 1.54) is 25.7 Å². The molecule has 25 heavy (non-hydrogen) atoms. The highest BCUT2D eigenvalue weighted by Crippen LogP contribution is 2.29. The first kappa shape index (κ1) is 16.1. The van der Waals surface area contributed by atoms with Crippen molar-refractivity contribution in [2.24, 2.45) is 5.92 Å². The zero-order valence-electron chi connectivity index (χ0n) is 14.4. The maximum absolute atomic E-state index is 12.3. The maximum Gasteiger partial charge on any atom is 0.223 e. The number of hydrogen-bond acceptors (Lipinski definition) is 4. The highest BCUT2D eigenvalue weighted by molar-refractivity contribution is 5.79. The summed E-state index contributed by atoms with van der Waals surface area (Å²) in [6.45, 7) is 1.65. The van der Waals surface area contributed by atoms with Crippen molar-refractivity contribution in [3.05, 3.63) is 42.5 Å². The summed E-state index contributed by atoms with van der Waals surface area (Å²) in [7, 11) is 0. The quantitative estimate of drug-likeness (QED) is 0.910. The Morgan fingerprint density at radius 1 is 1.04 bits per heavy atom. The highest BCUT2D eigenvalue weighted by Gasteiger charge is 2.35. The number of hydrogen-bond donors (Lipinski definition) is 1. The van der Waals surface area contributed by atoms with Crippen LogP contribution < -0.4 is 5.32 Å². The van der Waals surface area contributed by atoms with Gasteiger partial charge in [0.15, 0.2) is 0 Å². The Bertz CT molecular complexity index is 710. The SMILES string of the molecule is O=C1CC(CNc2ccc(-c3ccccc3)nn2)CN1C1CCCC1. The van der Waals surface area contributed by atoms with E-state index in [4.69, 9.17) is 0 Å². The zero-order chi connectivity index (χ0) is 17.1. The number of nitrogens with zero attached hydrogens (tertiary/aromatic N) is 3. The Kier molecular flexibility index (Phi) is 4.63. The van der Waals surface area contributed by atoms with Gasteiger partial charge in [-0.05, 0) is 25.0 Å². The highest BCUT2D eigenvalue weighted by atomic mass is 16.2. The summed E-state index contributed by atoms with van der Waals surface area (Å²) in [5, 5.41) is 11.9. The Morgan fingerprint density at radius 2 is 1.84 bits per heavy atom. The van der Waals surface area contributed by atoms with Crippen LogP contribution >= 0.6 is 0 Å². The molecule has 1 aromatic carbocycles. The van der Waals surface area contributed by atoms with Gasteiger partial charge >= 0.3 is 0 Å². The van der Waals surface area contributed by atoms with Gasteiger partial charge in [-0.1, -0.05) is 43.2 Å². The van der Waals surface area contributed by atoms with Crippen LogP contribution in [0, 0.1) is 5.92 Å². The summed E-state index contributed by atoms with van der Waals surface area (Å²) < 4.78 is 0. The third-order valence-corrected chi connectivity index (χ3v) is 5.31. The largest absolute Gasteiger partial charge is 0.368 e. The monoisotopic (exact) mass is 336 g/mol. The average Bonchev–Trinajstić information content (AvgIpc) is 3.30. The number of aromatic nitrogens is 2. The molecule has 1 amide bonds. The van der Waals surface area contributed by atoms with Crippen molar-refractivity contribution >= 4 is 11.7 Å². The van der Waals surface area contributed by atoms with Gasteiger partial charge in [0.05, 0.1) is 5.69 Å². The van der Waals surface area contributed by atoms with Crippen molar-refractivity contribution in [1.29, 1.82) is 0 Å². The third kappa shape index (κ3) is 3.65. The minimum atomic E-state index is 0.323. The molecule has 1 saturated heterocycles. The molecular formula is C20H24N4O. The van der Waals surface area contributed by atoms with Crippen LogP contribution in [0.15, 0.2) is 42.5 Å². The van der Waals surface area contributed by atoms with Crippen LogP contribution in [0.3, 0.4) is 0 Å². The van der Waals surface area contributed by atoms with Crippen molar-refractivity contribution < 1.29 is 4.79 Å². The van der Waals surface area contributed by atoms with E-state index in [2.05, 4.69) is 20.4 Å². The van der Waals surface area contributed by atoms with E-state index in [0.29, 0.717) is 24.3 Å². The lowest BCUT2D eigenvalue weighted by atomic mass is 10.1. The summed E-state index contributed by atoms with van der Waals surface area (Å²) >= 11 is 0. The molecule has 0 spiro atoms. The van der Waals surface area contributed by atoms with Crippen LogP contribution in [0.4, 0.5) is 5.82 Å². The first-order valence-corrected chi connectivity index (χ1v) is 9.22.